The Labute approximate surface area is 91.8 Å². The Balaban J connectivity index is 2.65. The van der Waals surface area contributed by atoms with Gasteiger partial charge in [-0.05, 0) is 31.3 Å². The Bertz CT molecular complexity index is 271. The van der Waals surface area contributed by atoms with Crippen molar-refractivity contribution >= 4 is 0 Å². The molecule has 0 saturated heterocycles. The summed E-state index contributed by atoms with van der Waals surface area (Å²) in [6.45, 7) is 4.05. The van der Waals surface area contributed by atoms with Crippen LogP contribution in [0.1, 0.15) is 18.5 Å². The first-order chi connectivity index (χ1) is 7.31. The fourth-order valence-electron chi connectivity index (χ4n) is 1.51. The number of hydrogen-bond acceptors (Lipinski definition) is 3. The largest absolute Gasteiger partial charge is 0.497 e. The average Bonchev–Trinajstić information content (AvgIpc) is 2.31. The van der Waals surface area contributed by atoms with E-state index in [-0.39, 0.29) is 0 Å². The zero-order valence-corrected chi connectivity index (χ0v) is 9.71. The van der Waals surface area contributed by atoms with Crippen LogP contribution in [0.5, 0.6) is 5.75 Å². The second-order valence-corrected chi connectivity index (χ2v) is 3.42. The molecule has 0 spiro atoms. The highest BCUT2D eigenvalue weighted by molar-refractivity contribution is 5.29. The van der Waals surface area contributed by atoms with E-state index in [0.717, 1.165) is 18.8 Å². The summed E-state index contributed by atoms with van der Waals surface area (Å²) in [4.78, 5) is 0. The van der Waals surface area contributed by atoms with Crippen LogP contribution in [0.2, 0.25) is 0 Å². The van der Waals surface area contributed by atoms with Crippen molar-refractivity contribution in [1.29, 1.82) is 0 Å². The van der Waals surface area contributed by atoms with Crippen molar-refractivity contribution in [1.82, 2.24) is 10.6 Å². The van der Waals surface area contributed by atoms with Crippen molar-refractivity contribution in [2.45, 2.75) is 13.0 Å². The number of benzene rings is 1. The van der Waals surface area contributed by atoms with Crippen molar-refractivity contribution in [2.75, 3.05) is 27.2 Å². The maximum Gasteiger partial charge on any atom is 0.118 e. The van der Waals surface area contributed by atoms with Crippen LogP contribution in [0, 0.1) is 0 Å². The van der Waals surface area contributed by atoms with E-state index in [1.54, 1.807) is 7.11 Å². The van der Waals surface area contributed by atoms with E-state index in [0.29, 0.717) is 6.04 Å². The average molecular weight is 208 g/mol. The molecule has 3 nitrogen and oxygen atoms in total. The predicted octanol–water partition coefficient (Wildman–Crippen LogP) is 1.57. The normalized spacial score (nSPS) is 12.5. The third kappa shape index (κ3) is 3.53. The molecule has 0 amide bonds. The van der Waals surface area contributed by atoms with Crippen LogP contribution in [0.4, 0.5) is 0 Å². The monoisotopic (exact) mass is 208 g/mol. The summed E-state index contributed by atoms with van der Waals surface area (Å²) >= 11 is 0. The lowest BCUT2D eigenvalue weighted by atomic mass is 10.1. The van der Waals surface area contributed by atoms with Gasteiger partial charge in [0.15, 0.2) is 0 Å². The van der Waals surface area contributed by atoms with Crippen molar-refractivity contribution < 1.29 is 4.74 Å². The first-order valence-electron chi connectivity index (χ1n) is 5.33. The second kappa shape index (κ2) is 6.43. The SMILES string of the molecule is CCNCC(NC)c1ccc(OC)cc1. The third-order valence-electron chi connectivity index (χ3n) is 2.47. The van der Waals surface area contributed by atoms with Crippen LogP contribution in [-0.4, -0.2) is 27.2 Å². The molecule has 3 heteroatoms. The second-order valence-electron chi connectivity index (χ2n) is 3.42. The summed E-state index contributed by atoms with van der Waals surface area (Å²) in [6.07, 6.45) is 0. The van der Waals surface area contributed by atoms with Crippen molar-refractivity contribution in [2.24, 2.45) is 0 Å². The van der Waals surface area contributed by atoms with Crippen LogP contribution < -0.4 is 15.4 Å². The molecular formula is C12H20N2O. The molecule has 1 aromatic carbocycles. The molecule has 2 N–H and O–H groups in total. The summed E-state index contributed by atoms with van der Waals surface area (Å²) in [5, 5.41) is 6.62. The van der Waals surface area contributed by atoms with Gasteiger partial charge in [0.05, 0.1) is 7.11 Å². The molecule has 15 heavy (non-hydrogen) atoms. The van der Waals surface area contributed by atoms with Gasteiger partial charge in [-0.15, -0.1) is 0 Å². The summed E-state index contributed by atoms with van der Waals surface area (Å²) in [6, 6.07) is 8.53. The number of nitrogens with one attached hydrogen (secondary N) is 2. The first kappa shape index (κ1) is 12.0. The molecule has 0 saturated carbocycles. The predicted molar refractivity (Wildman–Crippen MR) is 63.3 cm³/mol. The highest BCUT2D eigenvalue weighted by Crippen LogP contribution is 2.16. The summed E-state index contributed by atoms with van der Waals surface area (Å²) in [7, 11) is 3.66. The molecule has 0 aromatic heterocycles. The molecular weight excluding hydrogens is 188 g/mol. The van der Waals surface area contributed by atoms with Gasteiger partial charge in [0, 0.05) is 12.6 Å². The van der Waals surface area contributed by atoms with E-state index >= 15 is 0 Å². The van der Waals surface area contributed by atoms with Gasteiger partial charge >= 0.3 is 0 Å². The maximum atomic E-state index is 5.13. The standard InChI is InChI=1S/C12H20N2O/c1-4-14-9-12(13-2)10-5-7-11(15-3)8-6-10/h5-8,12-14H,4,9H2,1-3H3. The minimum absolute atomic E-state index is 0.357. The summed E-state index contributed by atoms with van der Waals surface area (Å²) < 4.78 is 5.13. The topological polar surface area (TPSA) is 33.3 Å². The smallest absolute Gasteiger partial charge is 0.118 e. The molecule has 0 radical (unpaired) electrons. The van der Waals surface area contributed by atoms with Crippen LogP contribution in [0.3, 0.4) is 0 Å². The number of likely N-dealkylation sites (N-methyl/N-ethyl adjacent to an activating group) is 2. The Hall–Kier alpha value is -1.06. The van der Waals surface area contributed by atoms with Crippen molar-refractivity contribution in [3.8, 4) is 5.75 Å². The van der Waals surface area contributed by atoms with Gasteiger partial charge < -0.3 is 15.4 Å². The molecule has 84 valence electrons. The van der Waals surface area contributed by atoms with E-state index in [2.05, 4.69) is 29.7 Å². The van der Waals surface area contributed by atoms with E-state index in [9.17, 15) is 0 Å². The highest BCUT2D eigenvalue weighted by atomic mass is 16.5. The zero-order chi connectivity index (χ0) is 11.1. The maximum absolute atomic E-state index is 5.13. The van der Waals surface area contributed by atoms with Gasteiger partial charge in [0.2, 0.25) is 0 Å². The Morgan fingerprint density at radius 3 is 2.40 bits per heavy atom. The Kier molecular flexibility index (Phi) is 5.15. The lowest BCUT2D eigenvalue weighted by Crippen LogP contribution is -2.29. The van der Waals surface area contributed by atoms with Crippen molar-refractivity contribution in [3.63, 3.8) is 0 Å². The minimum atomic E-state index is 0.357. The minimum Gasteiger partial charge on any atom is -0.497 e. The fourth-order valence-corrected chi connectivity index (χ4v) is 1.51. The van der Waals surface area contributed by atoms with Gasteiger partial charge in [-0.3, -0.25) is 0 Å². The molecule has 0 heterocycles. The van der Waals surface area contributed by atoms with E-state index < -0.39 is 0 Å². The van der Waals surface area contributed by atoms with E-state index in [1.807, 2.05) is 19.2 Å². The molecule has 0 bridgehead atoms. The Morgan fingerprint density at radius 1 is 1.27 bits per heavy atom. The molecule has 1 aromatic rings. The van der Waals surface area contributed by atoms with Gasteiger partial charge in [-0.2, -0.15) is 0 Å². The quantitative estimate of drug-likeness (QED) is 0.744. The number of ether oxygens (including phenoxy) is 1. The van der Waals surface area contributed by atoms with E-state index in [4.69, 9.17) is 4.74 Å². The number of methoxy groups -OCH3 is 1. The van der Waals surface area contributed by atoms with Crippen LogP contribution in [0.15, 0.2) is 24.3 Å². The molecule has 1 unspecified atom stereocenters. The van der Waals surface area contributed by atoms with Gasteiger partial charge in [-0.25, -0.2) is 0 Å². The summed E-state index contributed by atoms with van der Waals surface area (Å²) in [5.41, 5.74) is 1.28. The first-order valence-corrected chi connectivity index (χ1v) is 5.33. The molecule has 1 atom stereocenters. The highest BCUT2D eigenvalue weighted by Gasteiger charge is 2.07. The van der Waals surface area contributed by atoms with Crippen LogP contribution >= 0.6 is 0 Å². The lowest BCUT2D eigenvalue weighted by molar-refractivity contribution is 0.414. The van der Waals surface area contributed by atoms with Gasteiger partial charge in [-0.1, -0.05) is 19.1 Å². The van der Waals surface area contributed by atoms with Gasteiger partial charge in [0.25, 0.3) is 0 Å². The van der Waals surface area contributed by atoms with Gasteiger partial charge in [0.1, 0.15) is 5.75 Å². The number of hydrogen-bond donors (Lipinski definition) is 2. The third-order valence-corrected chi connectivity index (χ3v) is 2.47. The fraction of sp³-hybridized carbons (Fsp3) is 0.500. The van der Waals surface area contributed by atoms with Crippen LogP contribution in [-0.2, 0) is 0 Å². The summed E-state index contributed by atoms with van der Waals surface area (Å²) in [5.74, 6) is 0.900. The zero-order valence-electron chi connectivity index (χ0n) is 9.71. The molecule has 0 fully saturated rings. The lowest BCUT2D eigenvalue weighted by Gasteiger charge is -2.17. The molecule has 0 aliphatic heterocycles. The Morgan fingerprint density at radius 2 is 1.93 bits per heavy atom. The molecule has 0 aliphatic carbocycles. The van der Waals surface area contributed by atoms with E-state index in [1.165, 1.54) is 5.56 Å². The van der Waals surface area contributed by atoms with Crippen LogP contribution in [0.25, 0.3) is 0 Å². The van der Waals surface area contributed by atoms with Crippen molar-refractivity contribution in [3.05, 3.63) is 29.8 Å². The molecule has 1 rings (SSSR count). The molecule has 0 aliphatic rings. The number of rotatable bonds is 6.